The predicted octanol–water partition coefficient (Wildman–Crippen LogP) is 3.99. The first-order valence-electron chi connectivity index (χ1n) is 14.2. The van der Waals surface area contributed by atoms with Crippen molar-refractivity contribution >= 4 is 29.2 Å². The number of likely N-dealkylation sites (tertiary alicyclic amines) is 1. The lowest BCUT2D eigenvalue weighted by atomic mass is 9.90. The number of pyridine rings is 1. The van der Waals surface area contributed by atoms with E-state index in [1.807, 2.05) is 4.90 Å². The van der Waals surface area contributed by atoms with E-state index in [0.717, 1.165) is 44.0 Å². The summed E-state index contributed by atoms with van der Waals surface area (Å²) in [5.41, 5.74) is 5.70. The summed E-state index contributed by atoms with van der Waals surface area (Å²) in [4.78, 5) is 35.6. The maximum Gasteiger partial charge on any atom is 0.416 e. The van der Waals surface area contributed by atoms with Gasteiger partial charge >= 0.3 is 6.18 Å². The minimum absolute atomic E-state index is 0.0586. The minimum atomic E-state index is -4.62. The molecule has 1 saturated heterocycles. The van der Waals surface area contributed by atoms with E-state index in [1.165, 1.54) is 18.3 Å². The highest BCUT2D eigenvalue weighted by molar-refractivity contribution is 6.05. The third-order valence-electron chi connectivity index (χ3n) is 8.10. The first-order chi connectivity index (χ1) is 21.0. The number of ether oxygens (including phenoxy) is 1. The number of halogens is 4. The van der Waals surface area contributed by atoms with Crippen molar-refractivity contribution in [2.75, 3.05) is 32.1 Å². The van der Waals surface area contributed by atoms with Gasteiger partial charge in [0.1, 0.15) is 23.2 Å². The topological polar surface area (TPSA) is 134 Å². The Morgan fingerprint density at radius 3 is 2.68 bits per heavy atom. The van der Waals surface area contributed by atoms with Gasteiger partial charge in [-0.05, 0) is 61.9 Å². The Bertz CT molecular complexity index is 1520. The molecule has 1 atom stereocenters. The molecule has 1 aromatic heterocycles. The lowest BCUT2D eigenvalue weighted by Crippen LogP contribution is -2.50. The molecule has 2 fully saturated rings. The van der Waals surface area contributed by atoms with Crippen LogP contribution in [0.25, 0.3) is 5.70 Å². The molecule has 1 aliphatic carbocycles. The molecule has 234 valence electrons. The predicted molar refractivity (Wildman–Crippen MR) is 155 cm³/mol. The Morgan fingerprint density at radius 1 is 1.20 bits per heavy atom. The van der Waals surface area contributed by atoms with E-state index in [4.69, 9.17) is 10.5 Å². The fourth-order valence-corrected chi connectivity index (χ4v) is 5.54. The molecule has 14 heteroatoms. The van der Waals surface area contributed by atoms with Crippen LogP contribution in [0, 0.1) is 11.7 Å². The van der Waals surface area contributed by atoms with Crippen LogP contribution >= 0.6 is 0 Å². The van der Waals surface area contributed by atoms with Gasteiger partial charge in [0.15, 0.2) is 0 Å². The summed E-state index contributed by atoms with van der Waals surface area (Å²) in [5.74, 6) is -1.68. The largest absolute Gasteiger partial charge is 0.416 e. The Hall–Kier alpha value is -4.46. The molecule has 0 unspecified atom stereocenters. The van der Waals surface area contributed by atoms with E-state index in [2.05, 4.69) is 25.9 Å². The van der Waals surface area contributed by atoms with Gasteiger partial charge in [-0.3, -0.25) is 9.59 Å². The number of hydrogen-bond acceptors (Lipinski definition) is 8. The van der Waals surface area contributed by atoms with Gasteiger partial charge in [-0.1, -0.05) is 0 Å². The number of rotatable bonds is 9. The van der Waals surface area contributed by atoms with E-state index in [-0.39, 0.29) is 40.1 Å². The molecule has 1 saturated carbocycles. The maximum atomic E-state index is 15.7. The lowest BCUT2D eigenvalue weighted by molar-refractivity contribution is -0.138. The summed E-state index contributed by atoms with van der Waals surface area (Å²) >= 11 is 0. The number of nitrogens with two attached hydrogens (primary N) is 1. The Kier molecular flexibility index (Phi) is 8.90. The number of alkyl halides is 3. The molecule has 1 aromatic carbocycles. The van der Waals surface area contributed by atoms with E-state index < -0.39 is 23.5 Å². The molecule has 2 aromatic rings. The number of nitrogens with zero attached hydrogens (tertiary/aromatic N) is 3. The monoisotopic (exact) mass is 615 g/mol. The van der Waals surface area contributed by atoms with Crippen molar-refractivity contribution in [1.29, 1.82) is 0 Å². The summed E-state index contributed by atoms with van der Waals surface area (Å²) in [5, 5.41) is 8.59. The number of methoxy groups -OCH3 is 1. The fourth-order valence-electron chi connectivity index (χ4n) is 5.54. The molecule has 5 N–H and O–H groups in total. The van der Waals surface area contributed by atoms with Crippen LogP contribution in [0.4, 0.5) is 23.4 Å². The van der Waals surface area contributed by atoms with Crippen molar-refractivity contribution in [1.82, 2.24) is 20.5 Å². The molecule has 2 amide bonds. The standard InChI is InChI=1S/C30H33F4N7O3/c1-44-13-6-24(42)41-17-18(4-7-29(41)8-9-29)16-39-25(26-27(35)38-12-11-37-26)21-3-2-19(14-22(21)31)28(43)40-23-15-20(5-10-36-23)30(32,33)34/h2-3,5,10-12,14-15,18,37,39H,4,6-9,13,16-17H2,1H3,(H2,35,38)(H,36,40,43)/b26-25-/t18-/m0/s1. The number of carbonyl (C=O) groups is 2. The SMILES string of the molecule is COCCC(=O)N1C[C@H](CN/C(=C2\NC=CN=C2N)c2ccc(C(=O)Nc3cc(C(F)(F)F)ccn3)cc2F)CCC12CC2. The molecule has 10 nitrogen and oxygen atoms in total. The fraction of sp³-hybridized carbons (Fsp3) is 0.400. The third kappa shape index (κ3) is 6.85. The first-order valence-corrected chi connectivity index (χ1v) is 14.2. The molecule has 0 radical (unpaired) electrons. The number of nitrogens with one attached hydrogen (secondary N) is 3. The maximum absolute atomic E-state index is 15.7. The van der Waals surface area contributed by atoms with Gasteiger partial charge in [0.25, 0.3) is 5.91 Å². The Morgan fingerprint density at radius 2 is 2.00 bits per heavy atom. The van der Waals surface area contributed by atoms with Crippen molar-refractivity contribution in [3.63, 3.8) is 0 Å². The van der Waals surface area contributed by atoms with Gasteiger partial charge in [-0.2, -0.15) is 13.2 Å². The number of amides is 2. The zero-order valence-electron chi connectivity index (χ0n) is 24.0. The van der Waals surface area contributed by atoms with Crippen molar-refractivity contribution in [2.24, 2.45) is 16.6 Å². The van der Waals surface area contributed by atoms with Gasteiger partial charge in [-0.15, -0.1) is 0 Å². The number of anilines is 1. The van der Waals surface area contributed by atoms with Crippen LogP contribution in [0.1, 0.15) is 53.6 Å². The summed E-state index contributed by atoms with van der Waals surface area (Å²) in [6.07, 6.45) is 3.36. The van der Waals surface area contributed by atoms with Gasteiger partial charge < -0.3 is 31.3 Å². The van der Waals surface area contributed by atoms with Crippen LogP contribution in [0.2, 0.25) is 0 Å². The number of hydrogen-bond donors (Lipinski definition) is 4. The number of aromatic nitrogens is 1. The average molecular weight is 616 g/mol. The van der Waals surface area contributed by atoms with Crippen LogP contribution in [-0.2, 0) is 15.7 Å². The van der Waals surface area contributed by atoms with E-state index in [9.17, 15) is 22.8 Å². The molecule has 5 rings (SSSR count). The number of benzene rings is 1. The minimum Gasteiger partial charge on any atom is -0.384 e. The van der Waals surface area contributed by atoms with Gasteiger partial charge in [-0.25, -0.2) is 14.4 Å². The molecule has 3 aliphatic rings. The summed E-state index contributed by atoms with van der Waals surface area (Å²) < 4.78 is 59.9. The molecule has 3 heterocycles. The second kappa shape index (κ2) is 12.6. The zero-order valence-corrected chi connectivity index (χ0v) is 24.0. The highest BCUT2D eigenvalue weighted by Gasteiger charge is 2.52. The second-order valence-electron chi connectivity index (χ2n) is 11.1. The van der Waals surface area contributed by atoms with Crippen LogP contribution in [0.3, 0.4) is 0 Å². The van der Waals surface area contributed by atoms with Crippen LogP contribution < -0.4 is 21.7 Å². The van der Waals surface area contributed by atoms with Crippen molar-refractivity contribution < 1.29 is 31.9 Å². The van der Waals surface area contributed by atoms with Crippen molar-refractivity contribution in [2.45, 2.75) is 43.8 Å². The smallest absolute Gasteiger partial charge is 0.384 e. The summed E-state index contributed by atoms with van der Waals surface area (Å²) in [6.45, 7) is 1.32. The highest BCUT2D eigenvalue weighted by Crippen LogP contribution is 2.49. The van der Waals surface area contributed by atoms with E-state index in [1.54, 1.807) is 13.3 Å². The molecule has 2 aliphatic heterocycles. The van der Waals surface area contributed by atoms with Crippen LogP contribution in [-0.4, -0.2) is 59.9 Å². The number of piperidine rings is 1. The molecule has 1 spiro atoms. The number of carbonyl (C=O) groups excluding carboxylic acids is 2. The number of amidine groups is 1. The van der Waals surface area contributed by atoms with Gasteiger partial charge in [0.2, 0.25) is 5.91 Å². The van der Waals surface area contributed by atoms with Crippen LogP contribution in [0.15, 0.2) is 59.6 Å². The second-order valence-corrected chi connectivity index (χ2v) is 11.1. The van der Waals surface area contributed by atoms with Crippen molar-refractivity contribution in [3.05, 3.63) is 77.1 Å². The number of aliphatic imine (C=N–C) groups is 1. The van der Waals surface area contributed by atoms with E-state index >= 15 is 4.39 Å². The van der Waals surface area contributed by atoms with Crippen molar-refractivity contribution in [3.8, 4) is 0 Å². The molecule has 44 heavy (non-hydrogen) atoms. The Balaban J connectivity index is 1.34. The summed E-state index contributed by atoms with van der Waals surface area (Å²) in [7, 11) is 1.56. The van der Waals surface area contributed by atoms with E-state index in [0.29, 0.717) is 43.6 Å². The Labute approximate surface area is 251 Å². The molecular formula is C30H33F4N7O3. The lowest BCUT2D eigenvalue weighted by Gasteiger charge is -2.41. The highest BCUT2D eigenvalue weighted by atomic mass is 19.4. The van der Waals surface area contributed by atoms with Crippen LogP contribution in [0.5, 0.6) is 0 Å². The quantitative estimate of drug-likeness (QED) is 0.314. The molecule has 0 bridgehead atoms. The first kappa shape index (κ1) is 31.0. The summed E-state index contributed by atoms with van der Waals surface area (Å²) in [6, 6.07) is 5.20. The van der Waals surface area contributed by atoms with Gasteiger partial charge in [0.05, 0.1) is 24.3 Å². The zero-order chi connectivity index (χ0) is 31.5. The third-order valence-corrected chi connectivity index (χ3v) is 8.10. The van der Waals surface area contributed by atoms with Gasteiger partial charge in [0, 0.05) is 55.5 Å². The average Bonchev–Trinajstić information content (AvgIpc) is 3.77. The normalized spacial score (nSPS) is 20.1. The molecular weight excluding hydrogens is 582 g/mol.